The van der Waals surface area contributed by atoms with Crippen molar-refractivity contribution in [2.24, 2.45) is 5.92 Å². The summed E-state index contributed by atoms with van der Waals surface area (Å²) in [6.45, 7) is 0. The molecule has 1 fully saturated rings. The van der Waals surface area contributed by atoms with Crippen molar-refractivity contribution in [3.05, 3.63) is 24.3 Å². The van der Waals surface area contributed by atoms with E-state index in [1.54, 1.807) is 0 Å². The number of benzene rings is 1. The third kappa shape index (κ3) is 2.57. The minimum atomic E-state index is 0.0133. The van der Waals surface area contributed by atoms with E-state index in [-0.39, 0.29) is 11.8 Å². The number of hydrogen-bond acceptors (Lipinski definition) is 4. The number of rotatable bonds is 2. The molecule has 3 N–H and O–H groups in total. The van der Waals surface area contributed by atoms with E-state index in [4.69, 9.17) is 5.73 Å². The average molecular weight is 270 g/mol. The largest absolute Gasteiger partial charge is 0.383 e. The number of nitrogen functional groups attached to an aromatic ring is 1. The summed E-state index contributed by atoms with van der Waals surface area (Å²) in [5.41, 5.74) is 6.66. The van der Waals surface area contributed by atoms with Crippen LogP contribution >= 0.6 is 0 Å². The van der Waals surface area contributed by atoms with Gasteiger partial charge in [0.1, 0.15) is 5.82 Å². The van der Waals surface area contributed by atoms with Crippen molar-refractivity contribution in [1.29, 1.82) is 0 Å². The zero-order valence-corrected chi connectivity index (χ0v) is 11.3. The SMILES string of the molecule is Nc1nc(NC(=O)C2CCCCC2)nc2ccccc12. The van der Waals surface area contributed by atoms with Crippen LogP contribution in [0.4, 0.5) is 11.8 Å². The van der Waals surface area contributed by atoms with Gasteiger partial charge in [0.2, 0.25) is 11.9 Å². The van der Waals surface area contributed by atoms with Gasteiger partial charge in [0.15, 0.2) is 0 Å². The van der Waals surface area contributed by atoms with Gasteiger partial charge in [-0.15, -0.1) is 0 Å². The summed E-state index contributed by atoms with van der Waals surface area (Å²) >= 11 is 0. The molecule has 1 aromatic carbocycles. The second kappa shape index (κ2) is 5.45. The molecular formula is C15H18N4O. The molecule has 0 radical (unpaired) electrons. The third-order valence-corrected chi connectivity index (χ3v) is 3.84. The fraction of sp³-hybridized carbons (Fsp3) is 0.400. The molecule has 0 saturated heterocycles. The molecular weight excluding hydrogens is 252 g/mol. The first-order valence-corrected chi connectivity index (χ1v) is 7.07. The summed E-state index contributed by atoms with van der Waals surface area (Å²) < 4.78 is 0. The number of carbonyl (C=O) groups excluding carboxylic acids is 1. The van der Waals surface area contributed by atoms with Gasteiger partial charge in [-0.1, -0.05) is 31.4 Å². The number of amides is 1. The van der Waals surface area contributed by atoms with Crippen LogP contribution in [0.1, 0.15) is 32.1 Å². The molecule has 0 aliphatic heterocycles. The average Bonchev–Trinajstić information content (AvgIpc) is 2.48. The Bertz CT molecular complexity index is 635. The van der Waals surface area contributed by atoms with Gasteiger partial charge in [0, 0.05) is 11.3 Å². The maximum atomic E-state index is 12.2. The molecule has 1 aliphatic carbocycles. The molecule has 0 bridgehead atoms. The molecule has 1 aromatic heterocycles. The summed E-state index contributed by atoms with van der Waals surface area (Å²) in [4.78, 5) is 20.7. The van der Waals surface area contributed by atoms with E-state index in [1.165, 1.54) is 6.42 Å². The van der Waals surface area contributed by atoms with Crippen LogP contribution < -0.4 is 11.1 Å². The Morgan fingerprint density at radius 1 is 1.15 bits per heavy atom. The molecule has 1 amide bonds. The van der Waals surface area contributed by atoms with Crippen LogP contribution in [0, 0.1) is 5.92 Å². The Balaban J connectivity index is 1.81. The maximum Gasteiger partial charge on any atom is 0.231 e. The van der Waals surface area contributed by atoms with E-state index in [9.17, 15) is 4.79 Å². The lowest BCUT2D eigenvalue weighted by molar-refractivity contribution is -0.120. The highest BCUT2D eigenvalue weighted by molar-refractivity contribution is 5.94. The predicted octanol–water partition coefficient (Wildman–Crippen LogP) is 2.73. The summed E-state index contributed by atoms with van der Waals surface area (Å²) in [5, 5.41) is 3.61. The molecule has 5 heteroatoms. The first-order chi connectivity index (χ1) is 9.74. The minimum absolute atomic E-state index is 0.0133. The van der Waals surface area contributed by atoms with E-state index in [2.05, 4.69) is 15.3 Å². The maximum absolute atomic E-state index is 12.2. The van der Waals surface area contributed by atoms with Gasteiger partial charge in [0.05, 0.1) is 5.52 Å². The van der Waals surface area contributed by atoms with Crippen LogP contribution in [0.25, 0.3) is 10.9 Å². The number of nitrogens with zero attached hydrogens (tertiary/aromatic N) is 2. The smallest absolute Gasteiger partial charge is 0.231 e. The van der Waals surface area contributed by atoms with E-state index < -0.39 is 0 Å². The highest BCUT2D eigenvalue weighted by Crippen LogP contribution is 2.25. The fourth-order valence-electron chi connectivity index (χ4n) is 2.73. The second-order valence-electron chi connectivity index (χ2n) is 5.27. The first kappa shape index (κ1) is 12.8. The van der Waals surface area contributed by atoms with Crippen LogP contribution in [0.5, 0.6) is 0 Å². The first-order valence-electron chi connectivity index (χ1n) is 7.07. The summed E-state index contributed by atoms with van der Waals surface area (Å²) in [6, 6.07) is 7.52. The minimum Gasteiger partial charge on any atom is -0.383 e. The second-order valence-corrected chi connectivity index (χ2v) is 5.27. The molecule has 0 atom stereocenters. The molecule has 5 nitrogen and oxygen atoms in total. The number of nitrogens with one attached hydrogen (secondary N) is 1. The number of hydrogen-bond donors (Lipinski definition) is 2. The van der Waals surface area contributed by atoms with Crippen LogP contribution in [0.2, 0.25) is 0 Å². The van der Waals surface area contributed by atoms with E-state index >= 15 is 0 Å². The van der Waals surface area contributed by atoms with Crippen molar-refractivity contribution in [2.45, 2.75) is 32.1 Å². The zero-order chi connectivity index (χ0) is 13.9. The molecule has 104 valence electrons. The molecule has 1 heterocycles. The Kier molecular flexibility index (Phi) is 3.50. The normalized spacial score (nSPS) is 16.2. The highest BCUT2D eigenvalue weighted by atomic mass is 16.2. The number of nitrogens with two attached hydrogens (primary N) is 1. The van der Waals surface area contributed by atoms with Crippen molar-refractivity contribution in [2.75, 3.05) is 11.1 Å². The van der Waals surface area contributed by atoms with Gasteiger partial charge < -0.3 is 5.73 Å². The Labute approximate surface area is 117 Å². The number of anilines is 2. The lowest BCUT2D eigenvalue weighted by atomic mass is 9.89. The molecule has 2 aromatic rings. The van der Waals surface area contributed by atoms with Crippen molar-refractivity contribution < 1.29 is 4.79 Å². The third-order valence-electron chi connectivity index (χ3n) is 3.84. The monoisotopic (exact) mass is 270 g/mol. The van der Waals surface area contributed by atoms with Crippen molar-refractivity contribution in [3.8, 4) is 0 Å². The van der Waals surface area contributed by atoms with Crippen LogP contribution in [-0.4, -0.2) is 15.9 Å². The van der Waals surface area contributed by atoms with Gasteiger partial charge in [-0.3, -0.25) is 10.1 Å². The lowest BCUT2D eigenvalue weighted by Crippen LogP contribution is -2.25. The van der Waals surface area contributed by atoms with E-state index in [0.29, 0.717) is 11.8 Å². The van der Waals surface area contributed by atoms with Crippen molar-refractivity contribution >= 4 is 28.6 Å². The topological polar surface area (TPSA) is 80.9 Å². The Morgan fingerprint density at radius 2 is 1.90 bits per heavy atom. The lowest BCUT2D eigenvalue weighted by Gasteiger charge is -2.20. The van der Waals surface area contributed by atoms with Gasteiger partial charge >= 0.3 is 0 Å². The molecule has 1 aliphatic rings. The van der Waals surface area contributed by atoms with Crippen LogP contribution in [0.15, 0.2) is 24.3 Å². The van der Waals surface area contributed by atoms with Gasteiger partial charge in [-0.25, -0.2) is 4.98 Å². The predicted molar refractivity (Wildman–Crippen MR) is 79.2 cm³/mol. The number of carbonyl (C=O) groups is 1. The quantitative estimate of drug-likeness (QED) is 0.879. The van der Waals surface area contributed by atoms with E-state index in [0.717, 1.165) is 36.6 Å². The van der Waals surface area contributed by atoms with Crippen LogP contribution in [0.3, 0.4) is 0 Å². The van der Waals surface area contributed by atoms with Crippen LogP contribution in [-0.2, 0) is 4.79 Å². The Morgan fingerprint density at radius 3 is 2.70 bits per heavy atom. The standard InChI is InChI=1S/C15H18N4O/c16-13-11-8-4-5-9-12(11)17-15(18-13)19-14(20)10-6-2-1-3-7-10/h4-5,8-10H,1-3,6-7H2,(H3,16,17,18,19,20). The van der Waals surface area contributed by atoms with Crippen molar-refractivity contribution in [3.63, 3.8) is 0 Å². The molecule has 1 saturated carbocycles. The number of aromatic nitrogens is 2. The zero-order valence-electron chi connectivity index (χ0n) is 11.3. The molecule has 3 rings (SSSR count). The Hall–Kier alpha value is -2.17. The van der Waals surface area contributed by atoms with Gasteiger partial charge in [-0.05, 0) is 25.0 Å². The number of para-hydroxylation sites is 1. The number of fused-ring (bicyclic) bond motifs is 1. The molecule has 0 unspecified atom stereocenters. The summed E-state index contributed by atoms with van der Waals surface area (Å²) in [5.74, 6) is 0.797. The van der Waals surface area contributed by atoms with Gasteiger partial charge in [0.25, 0.3) is 0 Å². The molecule has 0 spiro atoms. The molecule has 20 heavy (non-hydrogen) atoms. The summed E-state index contributed by atoms with van der Waals surface area (Å²) in [6.07, 6.45) is 5.38. The highest BCUT2D eigenvalue weighted by Gasteiger charge is 2.22. The van der Waals surface area contributed by atoms with Gasteiger partial charge in [-0.2, -0.15) is 4.98 Å². The fourth-order valence-corrected chi connectivity index (χ4v) is 2.73. The van der Waals surface area contributed by atoms with E-state index in [1.807, 2.05) is 24.3 Å². The summed E-state index contributed by atoms with van der Waals surface area (Å²) in [7, 11) is 0. The van der Waals surface area contributed by atoms with Crippen molar-refractivity contribution in [1.82, 2.24) is 9.97 Å².